The number of hydrogen-bond donors (Lipinski definition) is 18. The summed E-state index contributed by atoms with van der Waals surface area (Å²) in [5, 5.41) is 53.2. The Morgan fingerprint density at radius 3 is 1.39 bits per heavy atom. The molecule has 1 heterocycles. The number of aliphatic hydroxyl groups is 2. The van der Waals surface area contributed by atoms with Gasteiger partial charge in [-0.05, 0) is 101 Å². The van der Waals surface area contributed by atoms with Gasteiger partial charge in [0.25, 0.3) is 0 Å². The molecule has 1 aliphatic heterocycles. The van der Waals surface area contributed by atoms with Gasteiger partial charge in [0, 0.05) is 82.6 Å². The van der Waals surface area contributed by atoms with Crippen LogP contribution in [0.1, 0.15) is 237 Å². The molecule has 0 aromatic rings. The van der Waals surface area contributed by atoms with Crippen LogP contribution in [-0.2, 0) is 71.9 Å². The summed E-state index contributed by atoms with van der Waals surface area (Å²) in [7, 11) is 0. The summed E-state index contributed by atoms with van der Waals surface area (Å²) in [5.74, 6) is -11.7. The topological polar surface area (TPSA) is 548 Å². The van der Waals surface area contributed by atoms with E-state index in [0.717, 1.165) is 19.3 Å². The number of unbranched alkanes of at least 4 members (excludes halogenated alkanes) is 4. The zero-order valence-corrected chi connectivity index (χ0v) is 65.4. The minimum absolute atomic E-state index is 0.0644. The van der Waals surface area contributed by atoms with Crippen molar-refractivity contribution in [1.82, 2.24) is 68.7 Å². The van der Waals surface area contributed by atoms with Crippen LogP contribution in [0.3, 0.4) is 0 Å². The van der Waals surface area contributed by atoms with E-state index in [0.29, 0.717) is 96.7 Å². The van der Waals surface area contributed by atoms with E-state index in [-0.39, 0.29) is 68.7 Å². The Labute approximate surface area is 632 Å². The molecule has 0 aromatic heterocycles. The fourth-order valence-electron chi connectivity index (χ4n) is 12.4. The molecule has 1 saturated heterocycles. The first-order valence-electron chi connectivity index (χ1n) is 38.7. The van der Waals surface area contributed by atoms with Gasteiger partial charge >= 0.3 is 0 Å². The summed E-state index contributed by atoms with van der Waals surface area (Å²) in [6.07, 6.45) is 6.68. The lowest BCUT2D eigenvalue weighted by Crippen LogP contribution is -2.60. The van der Waals surface area contributed by atoms with Crippen LogP contribution in [0.15, 0.2) is 0 Å². The average Bonchev–Trinajstić information content (AvgIpc) is 1.85. The van der Waals surface area contributed by atoms with Crippen LogP contribution in [0.2, 0.25) is 0 Å². The van der Waals surface area contributed by atoms with Crippen molar-refractivity contribution in [3.05, 3.63) is 0 Å². The first kappa shape index (κ1) is 96.9. The normalized spacial score (nSPS) is 16.6. The Morgan fingerprint density at radius 1 is 0.421 bits per heavy atom. The smallest absolute Gasteiger partial charge is 0.243 e. The number of primary amides is 2. The van der Waals surface area contributed by atoms with E-state index in [1.54, 1.807) is 46.4 Å². The fraction of sp³-hybridized carbons (Fsp3) is 0.795. The van der Waals surface area contributed by atoms with Gasteiger partial charge in [-0.25, -0.2) is 0 Å². The van der Waals surface area contributed by atoms with Crippen LogP contribution < -0.4 is 86.7 Å². The molecule has 15 amide bonds. The van der Waals surface area contributed by atoms with Crippen molar-refractivity contribution in [3.8, 4) is 0 Å². The van der Waals surface area contributed by atoms with Crippen LogP contribution in [0.25, 0.3) is 0 Å². The first-order valence-corrected chi connectivity index (χ1v) is 38.7. The maximum absolute atomic E-state index is 14.3. The van der Waals surface area contributed by atoms with Gasteiger partial charge in [0.15, 0.2) is 0 Å². The Bertz CT molecular complexity index is 2840. The van der Waals surface area contributed by atoms with Crippen LogP contribution in [-0.4, -0.2) is 216 Å². The standard InChI is InChI=1S/C73H133N17O17/c1-12-17-24-48(34-58(77)95)81-68(102)54(28-20-22-32-75)85-70(104)53(27-18-13-2)83-59(96)36-50(41-91)80-63(100)39-56(44(8)14-3)84-64(101)40-78-71(105)65(43(6)7)87-61(98)37-51(42-92)82-69(103)55(29-30-57(76)94)86-72(106)67(46(10)16-5)89-73(107)66(45(9)15-4)88-60(97)35-49(25-19-21-31-74)79-62(99)38-52-26-23-33-90(52)47(11)93/h43-46,48-56,65-67,91-92H,12-42,74-75H2,1-11H3,(H2,76,94)(H2,77,95)(H,78,105)(H,79,99)(H,80,100)(H,81,102)(H,82,103)(H,83,96)(H,84,101)(H,85,104)(H,86,106)(H,87,98)(H,88,97)(H,89,107)/t44-,45-,46-,48-,49-,50+,51+,52-,53-,54-,55-,56-,65-,66-,67-/m0/s1. The summed E-state index contributed by atoms with van der Waals surface area (Å²) in [5.41, 5.74) is 22.4. The molecule has 22 N–H and O–H groups in total. The van der Waals surface area contributed by atoms with Crippen molar-refractivity contribution < 1.29 is 82.1 Å². The van der Waals surface area contributed by atoms with E-state index in [9.17, 15) is 82.1 Å². The molecule has 0 aliphatic carbocycles. The molecule has 34 heteroatoms. The van der Waals surface area contributed by atoms with Crippen LogP contribution in [0.4, 0.5) is 0 Å². The second kappa shape index (κ2) is 53.6. The third-order valence-electron chi connectivity index (χ3n) is 19.5. The minimum atomic E-state index is -1.51. The number of carbonyl (C=O) groups excluding carboxylic acids is 15. The Hall–Kier alpha value is -8.11. The second-order valence-corrected chi connectivity index (χ2v) is 29.0. The molecule has 0 unspecified atom stereocenters. The third kappa shape index (κ3) is 39.0. The molecular formula is C73H133N17O17. The van der Waals surface area contributed by atoms with Gasteiger partial charge in [-0.15, -0.1) is 0 Å². The molecule has 34 nitrogen and oxygen atoms in total. The predicted octanol–water partition coefficient (Wildman–Crippen LogP) is -1.04. The second-order valence-electron chi connectivity index (χ2n) is 29.0. The number of likely N-dealkylation sites (tertiary alicyclic amines) is 1. The number of hydrogen-bond acceptors (Lipinski definition) is 19. The Morgan fingerprint density at radius 2 is 0.860 bits per heavy atom. The summed E-state index contributed by atoms with van der Waals surface area (Å²) in [4.78, 5) is 203. The molecule has 612 valence electrons. The molecule has 1 rings (SSSR count). The molecule has 1 fully saturated rings. The van der Waals surface area contributed by atoms with Crippen molar-refractivity contribution in [3.63, 3.8) is 0 Å². The molecule has 0 aromatic carbocycles. The molecule has 0 spiro atoms. The average molecular weight is 1520 g/mol. The molecule has 1 aliphatic rings. The van der Waals surface area contributed by atoms with Crippen molar-refractivity contribution in [1.29, 1.82) is 0 Å². The highest BCUT2D eigenvalue weighted by Gasteiger charge is 2.37. The van der Waals surface area contributed by atoms with Crippen molar-refractivity contribution >= 4 is 88.6 Å². The molecular weight excluding hydrogens is 1390 g/mol. The van der Waals surface area contributed by atoms with E-state index >= 15 is 0 Å². The molecule has 0 saturated carbocycles. The van der Waals surface area contributed by atoms with E-state index in [1.807, 2.05) is 27.7 Å². The van der Waals surface area contributed by atoms with Crippen molar-refractivity contribution in [2.24, 2.45) is 46.6 Å². The van der Waals surface area contributed by atoms with Gasteiger partial charge in [-0.3, -0.25) is 71.9 Å². The molecule has 107 heavy (non-hydrogen) atoms. The Kier molecular flexibility index (Phi) is 48.6. The van der Waals surface area contributed by atoms with Crippen LogP contribution in [0.5, 0.6) is 0 Å². The zero-order chi connectivity index (χ0) is 80.9. The van der Waals surface area contributed by atoms with Crippen molar-refractivity contribution in [2.75, 3.05) is 39.4 Å². The lowest BCUT2D eigenvalue weighted by Gasteiger charge is -2.30. The summed E-state index contributed by atoms with van der Waals surface area (Å²) in [6, 6.07) is -12.1. The highest BCUT2D eigenvalue weighted by Crippen LogP contribution is 2.22. The van der Waals surface area contributed by atoms with Gasteiger partial charge in [0.2, 0.25) is 88.6 Å². The highest BCUT2D eigenvalue weighted by atomic mass is 16.3. The minimum Gasteiger partial charge on any atom is -0.394 e. The lowest BCUT2D eigenvalue weighted by molar-refractivity contribution is -0.136. The highest BCUT2D eigenvalue weighted by molar-refractivity contribution is 5.96. The third-order valence-corrected chi connectivity index (χ3v) is 19.5. The van der Waals surface area contributed by atoms with Gasteiger partial charge in [-0.1, -0.05) is 121 Å². The molecule has 0 bridgehead atoms. The number of nitrogens with two attached hydrogens (primary N) is 4. The monoisotopic (exact) mass is 1520 g/mol. The van der Waals surface area contributed by atoms with Crippen molar-refractivity contribution in [2.45, 2.75) is 309 Å². The van der Waals surface area contributed by atoms with Gasteiger partial charge in [0.05, 0.1) is 31.8 Å². The number of carbonyl (C=O) groups is 15. The maximum Gasteiger partial charge on any atom is 0.243 e. The van der Waals surface area contributed by atoms with E-state index in [1.165, 1.54) is 6.92 Å². The molecule has 0 radical (unpaired) electrons. The van der Waals surface area contributed by atoms with E-state index in [4.69, 9.17) is 22.9 Å². The number of aliphatic hydroxyl groups excluding tert-OH is 2. The number of nitrogens with zero attached hydrogens (tertiary/aromatic N) is 1. The largest absolute Gasteiger partial charge is 0.394 e. The number of rotatable bonds is 57. The lowest BCUT2D eigenvalue weighted by atomic mass is 9.94. The predicted molar refractivity (Wildman–Crippen MR) is 402 cm³/mol. The zero-order valence-electron chi connectivity index (χ0n) is 65.4. The first-order chi connectivity index (χ1) is 50.6. The summed E-state index contributed by atoms with van der Waals surface area (Å²) in [6.45, 7) is 18.3. The number of amides is 15. The van der Waals surface area contributed by atoms with E-state index < -0.39 is 200 Å². The van der Waals surface area contributed by atoms with Crippen LogP contribution >= 0.6 is 0 Å². The van der Waals surface area contributed by atoms with Gasteiger partial charge in [-0.2, -0.15) is 0 Å². The van der Waals surface area contributed by atoms with Gasteiger partial charge in [0.1, 0.15) is 36.3 Å². The summed E-state index contributed by atoms with van der Waals surface area (Å²) >= 11 is 0. The number of nitrogens with one attached hydrogen (secondary N) is 12. The van der Waals surface area contributed by atoms with Gasteiger partial charge < -0.3 is 102 Å². The Balaban J connectivity index is 3.16. The summed E-state index contributed by atoms with van der Waals surface area (Å²) < 4.78 is 0. The quantitative estimate of drug-likeness (QED) is 0.0323. The molecule has 15 atom stereocenters. The van der Waals surface area contributed by atoms with Crippen LogP contribution in [0, 0.1) is 23.7 Å². The maximum atomic E-state index is 14.3. The van der Waals surface area contributed by atoms with E-state index in [2.05, 4.69) is 63.8 Å². The fourth-order valence-corrected chi connectivity index (χ4v) is 12.4. The SMILES string of the molecule is CCCC[C@@H](CC(N)=O)NC(=O)[C@H](CCCCN)NC(=O)[C@H](CCCC)NC(=O)C[C@H](CO)NC(=O)C[C@H](NC(=O)CNC(=O)[C@@H](NC(=O)C[C@H](CO)NC(=O)[C@H](CCC(N)=O)NC(=O)[C@@H](NC(=O)[C@@H](NC(=O)C[C@H](CCCCN)NC(=O)C[C@@H]1CCCN1C(C)=O)[C@@H](C)CC)[C@@H](C)CC)C(C)C)[C@@H](C)CC.